The van der Waals surface area contributed by atoms with Gasteiger partial charge in [-0.05, 0) is 131 Å². The Balaban J connectivity index is 1.22. The molecule has 4 saturated carbocycles. The standard InChI is InChI=1S/C26H47N/c1-18-3-5-20(6-4-18)21-7-9-23(10-8-21)26-16-13-24(17-19(26)2)22-11-14-25(27)15-12-22/h18-26H,3-17,27H2,1-2H3. The summed E-state index contributed by atoms with van der Waals surface area (Å²) in [5, 5.41) is 0. The maximum atomic E-state index is 6.15. The van der Waals surface area contributed by atoms with E-state index in [9.17, 15) is 0 Å². The summed E-state index contributed by atoms with van der Waals surface area (Å²) in [6, 6.07) is 0.512. The topological polar surface area (TPSA) is 26.0 Å². The van der Waals surface area contributed by atoms with Crippen molar-refractivity contribution in [3.8, 4) is 0 Å². The first kappa shape index (κ1) is 20.2. The molecule has 2 N–H and O–H groups in total. The lowest BCUT2D eigenvalue weighted by atomic mass is 9.60. The van der Waals surface area contributed by atoms with E-state index in [0.717, 1.165) is 47.3 Å². The van der Waals surface area contributed by atoms with Crippen molar-refractivity contribution in [1.82, 2.24) is 0 Å². The highest BCUT2D eigenvalue weighted by Gasteiger charge is 2.39. The van der Waals surface area contributed by atoms with Crippen LogP contribution in [0.15, 0.2) is 0 Å². The molecular weight excluding hydrogens is 326 g/mol. The first-order valence-electron chi connectivity index (χ1n) is 12.9. The van der Waals surface area contributed by atoms with Crippen molar-refractivity contribution in [3.05, 3.63) is 0 Å². The molecule has 0 aliphatic heterocycles. The van der Waals surface area contributed by atoms with Gasteiger partial charge in [0.1, 0.15) is 0 Å². The highest BCUT2D eigenvalue weighted by molar-refractivity contribution is 4.90. The van der Waals surface area contributed by atoms with Crippen molar-refractivity contribution >= 4 is 0 Å². The second-order valence-electron chi connectivity index (χ2n) is 11.6. The normalized spacial score (nSPS) is 49.7. The zero-order valence-electron chi connectivity index (χ0n) is 18.4. The van der Waals surface area contributed by atoms with Crippen LogP contribution in [-0.4, -0.2) is 6.04 Å². The monoisotopic (exact) mass is 373 g/mol. The zero-order valence-corrected chi connectivity index (χ0v) is 18.4. The molecule has 156 valence electrons. The molecule has 4 rings (SSSR count). The van der Waals surface area contributed by atoms with Gasteiger partial charge in [0, 0.05) is 6.04 Å². The van der Waals surface area contributed by atoms with Crippen LogP contribution >= 0.6 is 0 Å². The summed E-state index contributed by atoms with van der Waals surface area (Å²) < 4.78 is 0. The first-order chi connectivity index (χ1) is 13.1. The minimum Gasteiger partial charge on any atom is -0.328 e. The highest BCUT2D eigenvalue weighted by atomic mass is 14.6. The van der Waals surface area contributed by atoms with E-state index in [2.05, 4.69) is 13.8 Å². The summed E-state index contributed by atoms with van der Waals surface area (Å²) in [5.41, 5.74) is 6.15. The Labute approximate surface area is 169 Å². The molecule has 0 aromatic carbocycles. The summed E-state index contributed by atoms with van der Waals surface area (Å²) in [6.45, 7) is 5.08. The molecule has 4 aliphatic rings. The van der Waals surface area contributed by atoms with Gasteiger partial charge in [0.2, 0.25) is 0 Å². The van der Waals surface area contributed by atoms with Crippen LogP contribution in [0.5, 0.6) is 0 Å². The van der Waals surface area contributed by atoms with Gasteiger partial charge >= 0.3 is 0 Å². The quantitative estimate of drug-likeness (QED) is 0.556. The van der Waals surface area contributed by atoms with Gasteiger partial charge in [0.05, 0.1) is 0 Å². The van der Waals surface area contributed by atoms with Crippen LogP contribution in [0.2, 0.25) is 0 Å². The molecule has 0 saturated heterocycles. The molecule has 0 aromatic heterocycles. The number of hydrogen-bond acceptors (Lipinski definition) is 1. The molecule has 0 heterocycles. The maximum Gasteiger partial charge on any atom is 0.00390 e. The number of nitrogens with two attached hydrogens (primary N) is 1. The minimum atomic E-state index is 0.512. The van der Waals surface area contributed by atoms with Crippen molar-refractivity contribution in [1.29, 1.82) is 0 Å². The molecule has 0 radical (unpaired) electrons. The number of rotatable bonds is 3. The minimum absolute atomic E-state index is 0.512. The van der Waals surface area contributed by atoms with Crippen molar-refractivity contribution in [2.45, 2.75) is 116 Å². The van der Waals surface area contributed by atoms with Crippen molar-refractivity contribution < 1.29 is 0 Å². The molecule has 4 fully saturated rings. The fraction of sp³-hybridized carbons (Fsp3) is 1.00. The smallest absolute Gasteiger partial charge is 0.00390 e. The third-order valence-corrected chi connectivity index (χ3v) is 9.91. The Kier molecular flexibility index (Phi) is 6.89. The molecule has 0 spiro atoms. The fourth-order valence-electron chi connectivity index (χ4n) is 8.01. The SMILES string of the molecule is CC1CCC(C2CCC(C3CCC(C4CCC(N)CC4)CC3C)CC2)CC1. The Morgan fingerprint density at radius 1 is 0.481 bits per heavy atom. The van der Waals surface area contributed by atoms with Crippen molar-refractivity contribution in [2.24, 2.45) is 53.1 Å². The van der Waals surface area contributed by atoms with Gasteiger partial charge < -0.3 is 5.73 Å². The van der Waals surface area contributed by atoms with E-state index >= 15 is 0 Å². The largest absolute Gasteiger partial charge is 0.328 e. The van der Waals surface area contributed by atoms with Gasteiger partial charge in [-0.25, -0.2) is 0 Å². The third kappa shape index (κ3) is 4.93. The fourth-order valence-corrected chi connectivity index (χ4v) is 8.01. The van der Waals surface area contributed by atoms with Crippen LogP contribution in [-0.2, 0) is 0 Å². The third-order valence-electron chi connectivity index (χ3n) is 9.91. The van der Waals surface area contributed by atoms with Crippen LogP contribution in [0.25, 0.3) is 0 Å². The Morgan fingerprint density at radius 2 is 0.926 bits per heavy atom. The van der Waals surface area contributed by atoms with E-state index in [1.807, 2.05) is 0 Å². The molecule has 1 nitrogen and oxygen atoms in total. The Bertz CT molecular complexity index is 435. The molecule has 1 heteroatoms. The first-order valence-corrected chi connectivity index (χ1v) is 12.9. The zero-order chi connectivity index (χ0) is 18.8. The van der Waals surface area contributed by atoms with Crippen LogP contribution in [0, 0.1) is 47.3 Å². The van der Waals surface area contributed by atoms with Gasteiger partial charge in [-0.1, -0.05) is 26.7 Å². The predicted octanol–water partition coefficient (Wildman–Crippen LogP) is 7.19. The van der Waals surface area contributed by atoms with Crippen LogP contribution in [0.1, 0.15) is 110 Å². The second-order valence-corrected chi connectivity index (χ2v) is 11.6. The van der Waals surface area contributed by atoms with Crippen molar-refractivity contribution in [3.63, 3.8) is 0 Å². The Hall–Kier alpha value is -0.0400. The molecular formula is C26H47N. The van der Waals surface area contributed by atoms with Gasteiger partial charge in [0.25, 0.3) is 0 Å². The van der Waals surface area contributed by atoms with Gasteiger partial charge in [-0.3, -0.25) is 0 Å². The maximum absolute atomic E-state index is 6.15. The number of hydrogen-bond donors (Lipinski definition) is 1. The summed E-state index contributed by atoms with van der Waals surface area (Å²) in [5.74, 6) is 8.34. The van der Waals surface area contributed by atoms with Crippen molar-refractivity contribution in [2.75, 3.05) is 0 Å². The van der Waals surface area contributed by atoms with Gasteiger partial charge in [-0.15, -0.1) is 0 Å². The van der Waals surface area contributed by atoms with E-state index < -0.39 is 0 Å². The molecule has 0 bridgehead atoms. The average Bonchev–Trinajstić information content (AvgIpc) is 2.69. The molecule has 27 heavy (non-hydrogen) atoms. The highest BCUT2D eigenvalue weighted by Crippen LogP contribution is 2.49. The lowest BCUT2D eigenvalue weighted by Gasteiger charge is -2.45. The predicted molar refractivity (Wildman–Crippen MR) is 116 cm³/mol. The van der Waals surface area contributed by atoms with E-state index in [4.69, 9.17) is 5.73 Å². The molecule has 3 unspecified atom stereocenters. The Morgan fingerprint density at radius 3 is 1.52 bits per heavy atom. The summed E-state index contributed by atoms with van der Waals surface area (Å²) in [6.07, 6.45) is 22.4. The molecule has 0 aromatic rings. The second kappa shape index (κ2) is 9.19. The van der Waals surface area contributed by atoms with E-state index in [-0.39, 0.29) is 0 Å². The summed E-state index contributed by atoms with van der Waals surface area (Å²) in [4.78, 5) is 0. The average molecular weight is 374 g/mol. The van der Waals surface area contributed by atoms with Crippen LogP contribution < -0.4 is 5.73 Å². The van der Waals surface area contributed by atoms with E-state index in [1.54, 1.807) is 44.9 Å². The molecule has 0 amide bonds. The van der Waals surface area contributed by atoms with Crippen LogP contribution in [0.3, 0.4) is 0 Å². The van der Waals surface area contributed by atoms with E-state index in [1.165, 1.54) is 51.4 Å². The van der Waals surface area contributed by atoms with Gasteiger partial charge in [0.15, 0.2) is 0 Å². The summed E-state index contributed by atoms with van der Waals surface area (Å²) in [7, 11) is 0. The van der Waals surface area contributed by atoms with E-state index in [0.29, 0.717) is 6.04 Å². The lowest BCUT2D eigenvalue weighted by molar-refractivity contribution is 0.0553. The molecule has 4 aliphatic carbocycles. The lowest BCUT2D eigenvalue weighted by Crippen LogP contribution is -2.36. The summed E-state index contributed by atoms with van der Waals surface area (Å²) >= 11 is 0. The van der Waals surface area contributed by atoms with Crippen LogP contribution in [0.4, 0.5) is 0 Å². The molecule has 3 atom stereocenters. The van der Waals surface area contributed by atoms with Gasteiger partial charge in [-0.2, -0.15) is 0 Å².